The first-order chi connectivity index (χ1) is 6.29. The van der Waals surface area contributed by atoms with E-state index in [9.17, 15) is 0 Å². The normalized spacial score (nSPS) is 30.0. The zero-order chi connectivity index (χ0) is 9.31. The largest absolute Gasteiger partial charge is 0.0885 e. The van der Waals surface area contributed by atoms with Gasteiger partial charge in [-0.3, -0.25) is 0 Å². The summed E-state index contributed by atoms with van der Waals surface area (Å²) in [5, 5.41) is 0. The van der Waals surface area contributed by atoms with Crippen molar-refractivity contribution in [2.75, 3.05) is 0 Å². The van der Waals surface area contributed by atoms with Crippen molar-refractivity contribution in [2.24, 2.45) is 11.3 Å². The highest BCUT2D eigenvalue weighted by molar-refractivity contribution is 9.09. The molecular formula is C12H21Br. The molecule has 0 amide bonds. The summed E-state index contributed by atoms with van der Waals surface area (Å²) < 4.78 is 0. The van der Waals surface area contributed by atoms with Gasteiger partial charge in [-0.25, -0.2) is 0 Å². The third kappa shape index (κ3) is 1.58. The van der Waals surface area contributed by atoms with E-state index in [0.29, 0.717) is 0 Å². The van der Waals surface area contributed by atoms with Crippen LogP contribution >= 0.6 is 15.9 Å². The molecule has 2 rings (SSSR count). The highest BCUT2D eigenvalue weighted by Crippen LogP contribution is 2.57. The Hall–Kier alpha value is 0.480. The van der Waals surface area contributed by atoms with Gasteiger partial charge in [0.1, 0.15) is 0 Å². The molecule has 2 fully saturated rings. The quantitative estimate of drug-likeness (QED) is 0.641. The molecule has 0 saturated heterocycles. The van der Waals surface area contributed by atoms with Crippen LogP contribution in [0.15, 0.2) is 0 Å². The van der Waals surface area contributed by atoms with Gasteiger partial charge in [-0.1, -0.05) is 42.1 Å². The zero-order valence-electron chi connectivity index (χ0n) is 8.69. The number of hydrogen-bond donors (Lipinski definition) is 0. The van der Waals surface area contributed by atoms with Crippen molar-refractivity contribution in [3.63, 3.8) is 0 Å². The molecule has 0 aliphatic heterocycles. The summed E-state index contributed by atoms with van der Waals surface area (Å²) in [5.41, 5.74) is 0.727. The standard InChI is InChI=1S/C12H21Br/c1-2-11(13)12(8-5-9-12)10-6-3-4-7-10/h10-11H,2-9H2,1H3. The van der Waals surface area contributed by atoms with Crippen LogP contribution in [-0.4, -0.2) is 4.83 Å². The molecule has 0 heterocycles. The van der Waals surface area contributed by atoms with Gasteiger partial charge >= 0.3 is 0 Å². The first-order valence-corrected chi connectivity index (χ1v) is 6.85. The summed E-state index contributed by atoms with van der Waals surface area (Å²) in [4.78, 5) is 0.803. The van der Waals surface area contributed by atoms with Crippen LogP contribution in [0, 0.1) is 11.3 Å². The van der Waals surface area contributed by atoms with E-state index < -0.39 is 0 Å². The van der Waals surface area contributed by atoms with E-state index in [1.807, 2.05) is 0 Å². The molecule has 0 bridgehead atoms. The van der Waals surface area contributed by atoms with Gasteiger partial charge in [0.15, 0.2) is 0 Å². The second-order valence-electron chi connectivity index (χ2n) is 4.94. The van der Waals surface area contributed by atoms with Crippen molar-refractivity contribution in [3.8, 4) is 0 Å². The van der Waals surface area contributed by atoms with Crippen molar-refractivity contribution in [2.45, 2.75) is 63.1 Å². The lowest BCUT2D eigenvalue weighted by molar-refractivity contribution is 0.0499. The summed E-state index contributed by atoms with van der Waals surface area (Å²) in [6, 6.07) is 0. The number of alkyl halides is 1. The van der Waals surface area contributed by atoms with Crippen LogP contribution in [0.2, 0.25) is 0 Å². The van der Waals surface area contributed by atoms with Crippen LogP contribution in [0.1, 0.15) is 58.3 Å². The van der Waals surface area contributed by atoms with Gasteiger partial charge in [-0.2, -0.15) is 0 Å². The maximum Gasteiger partial charge on any atom is 0.0202 e. The fourth-order valence-corrected chi connectivity index (χ4v) is 4.30. The highest BCUT2D eigenvalue weighted by Gasteiger charge is 2.48. The number of halogens is 1. The first kappa shape index (κ1) is 10.0. The Balaban J connectivity index is 2.05. The summed E-state index contributed by atoms with van der Waals surface area (Å²) in [6.45, 7) is 2.33. The first-order valence-electron chi connectivity index (χ1n) is 5.93. The molecule has 1 unspecified atom stereocenters. The second-order valence-corrected chi connectivity index (χ2v) is 6.05. The Morgan fingerprint density at radius 1 is 1.23 bits per heavy atom. The van der Waals surface area contributed by atoms with Crippen molar-refractivity contribution in [1.82, 2.24) is 0 Å². The monoisotopic (exact) mass is 244 g/mol. The predicted octanol–water partition coefficient (Wildman–Crippen LogP) is 4.52. The smallest absolute Gasteiger partial charge is 0.0202 e. The molecule has 1 atom stereocenters. The fraction of sp³-hybridized carbons (Fsp3) is 1.00. The molecule has 0 aromatic carbocycles. The lowest BCUT2D eigenvalue weighted by Gasteiger charge is -2.50. The van der Waals surface area contributed by atoms with Crippen LogP contribution in [0.5, 0.6) is 0 Å². The Morgan fingerprint density at radius 2 is 1.85 bits per heavy atom. The summed E-state index contributed by atoms with van der Waals surface area (Å²) in [7, 11) is 0. The third-order valence-electron chi connectivity index (χ3n) is 4.43. The van der Waals surface area contributed by atoms with Crippen molar-refractivity contribution in [3.05, 3.63) is 0 Å². The summed E-state index contributed by atoms with van der Waals surface area (Å²) >= 11 is 3.92. The molecule has 0 nitrogen and oxygen atoms in total. The average Bonchev–Trinajstić information content (AvgIpc) is 2.55. The molecule has 0 N–H and O–H groups in total. The molecule has 1 heteroatoms. The van der Waals surface area contributed by atoms with Crippen molar-refractivity contribution in [1.29, 1.82) is 0 Å². The Morgan fingerprint density at radius 3 is 2.23 bits per heavy atom. The molecule has 76 valence electrons. The van der Waals surface area contributed by atoms with E-state index >= 15 is 0 Å². The van der Waals surface area contributed by atoms with E-state index in [1.165, 1.54) is 51.4 Å². The highest BCUT2D eigenvalue weighted by atomic mass is 79.9. The van der Waals surface area contributed by atoms with Crippen LogP contribution in [0.4, 0.5) is 0 Å². The maximum absolute atomic E-state index is 3.92. The minimum atomic E-state index is 0.727. The lowest BCUT2D eigenvalue weighted by atomic mass is 9.58. The Bertz CT molecular complexity index is 166. The van der Waals surface area contributed by atoms with Crippen LogP contribution in [-0.2, 0) is 0 Å². The molecule has 0 radical (unpaired) electrons. The van der Waals surface area contributed by atoms with E-state index in [4.69, 9.17) is 0 Å². The van der Waals surface area contributed by atoms with Crippen LogP contribution in [0.3, 0.4) is 0 Å². The summed E-state index contributed by atoms with van der Waals surface area (Å²) in [5.74, 6) is 1.06. The third-order valence-corrected chi connectivity index (χ3v) is 5.99. The number of rotatable bonds is 3. The minimum Gasteiger partial charge on any atom is -0.0885 e. The second kappa shape index (κ2) is 3.92. The Kier molecular flexibility index (Phi) is 3.02. The molecule has 0 aromatic heterocycles. The minimum absolute atomic E-state index is 0.727. The van der Waals surface area contributed by atoms with E-state index in [2.05, 4.69) is 22.9 Å². The van der Waals surface area contributed by atoms with E-state index in [1.54, 1.807) is 0 Å². The van der Waals surface area contributed by atoms with Gasteiger partial charge in [0.05, 0.1) is 0 Å². The van der Waals surface area contributed by atoms with Gasteiger partial charge in [0, 0.05) is 4.83 Å². The van der Waals surface area contributed by atoms with Gasteiger partial charge in [-0.15, -0.1) is 0 Å². The molecule has 2 aliphatic rings. The van der Waals surface area contributed by atoms with Gasteiger partial charge in [0.25, 0.3) is 0 Å². The molecule has 2 saturated carbocycles. The predicted molar refractivity (Wildman–Crippen MR) is 61.2 cm³/mol. The SMILES string of the molecule is CCC(Br)C1(C2CCCC2)CCC1. The molecule has 13 heavy (non-hydrogen) atoms. The van der Waals surface area contributed by atoms with E-state index in [-0.39, 0.29) is 0 Å². The lowest BCUT2D eigenvalue weighted by Crippen LogP contribution is -2.43. The number of hydrogen-bond acceptors (Lipinski definition) is 0. The molecular weight excluding hydrogens is 224 g/mol. The maximum atomic E-state index is 3.92. The fourth-order valence-electron chi connectivity index (χ4n) is 3.47. The van der Waals surface area contributed by atoms with Crippen molar-refractivity contribution < 1.29 is 0 Å². The molecule has 0 spiro atoms. The van der Waals surface area contributed by atoms with Crippen LogP contribution < -0.4 is 0 Å². The summed E-state index contributed by atoms with van der Waals surface area (Å²) in [6.07, 6.45) is 11.8. The van der Waals surface area contributed by atoms with Gasteiger partial charge in [-0.05, 0) is 43.4 Å². The topological polar surface area (TPSA) is 0 Å². The van der Waals surface area contributed by atoms with Gasteiger partial charge in [0.2, 0.25) is 0 Å². The van der Waals surface area contributed by atoms with Crippen molar-refractivity contribution >= 4 is 15.9 Å². The Labute approximate surface area is 90.6 Å². The molecule has 2 aliphatic carbocycles. The van der Waals surface area contributed by atoms with Crippen LogP contribution in [0.25, 0.3) is 0 Å². The van der Waals surface area contributed by atoms with E-state index in [0.717, 1.165) is 16.2 Å². The molecule has 0 aromatic rings. The zero-order valence-corrected chi connectivity index (χ0v) is 10.3. The van der Waals surface area contributed by atoms with Gasteiger partial charge < -0.3 is 0 Å². The average molecular weight is 245 g/mol.